The number of nitrogens with two attached hydrogens (primary N) is 1. The van der Waals surface area contributed by atoms with E-state index in [-0.39, 0.29) is 22.9 Å². The van der Waals surface area contributed by atoms with E-state index in [9.17, 15) is 4.79 Å². The van der Waals surface area contributed by atoms with Crippen LogP contribution in [0.4, 0.5) is 0 Å². The first-order chi connectivity index (χ1) is 15.4. The summed E-state index contributed by atoms with van der Waals surface area (Å²) in [7, 11) is 0. The van der Waals surface area contributed by atoms with Crippen LogP contribution in [0.15, 0.2) is 42.3 Å². The molecule has 0 unspecified atom stereocenters. The first-order valence-corrected chi connectivity index (χ1v) is 12.9. The summed E-state index contributed by atoms with van der Waals surface area (Å²) in [4.78, 5) is 16.6. The van der Waals surface area contributed by atoms with E-state index in [4.69, 9.17) is 10.5 Å². The Balaban J connectivity index is 1.34. The van der Waals surface area contributed by atoms with Gasteiger partial charge < -0.3 is 10.5 Å². The van der Waals surface area contributed by atoms with Crippen molar-refractivity contribution in [2.45, 2.75) is 70.9 Å². The lowest BCUT2D eigenvalue weighted by Gasteiger charge is -2.57. The number of ether oxygens (including phenoxy) is 1. The number of carbonyl (C=O) groups excluding carboxylic acids is 1. The number of hydrogen-bond acceptors (Lipinski definition) is 5. The molecule has 5 heteroatoms. The summed E-state index contributed by atoms with van der Waals surface area (Å²) in [5, 5.41) is 0. The Morgan fingerprint density at radius 1 is 1.22 bits per heavy atom. The van der Waals surface area contributed by atoms with Crippen molar-refractivity contribution in [3.05, 3.63) is 47.8 Å². The maximum absolute atomic E-state index is 12.2. The smallest absolute Gasteiger partial charge is 0.324 e. The maximum Gasteiger partial charge on any atom is 0.324 e. The van der Waals surface area contributed by atoms with Crippen LogP contribution >= 0.6 is 12.6 Å². The molecule has 4 nitrogen and oxygen atoms in total. The molecule has 32 heavy (non-hydrogen) atoms. The minimum atomic E-state index is -0.628. The second-order valence-electron chi connectivity index (χ2n) is 10.9. The van der Waals surface area contributed by atoms with E-state index in [0.29, 0.717) is 11.7 Å². The third kappa shape index (κ3) is 3.47. The van der Waals surface area contributed by atoms with Crippen molar-refractivity contribution >= 4 is 24.2 Å². The second-order valence-corrected chi connectivity index (χ2v) is 11.3. The molecule has 1 aromatic rings. The molecule has 4 aliphatic rings. The van der Waals surface area contributed by atoms with Crippen LogP contribution in [0.2, 0.25) is 0 Å². The van der Waals surface area contributed by atoms with Gasteiger partial charge in [0.2, 0.25) is 0 Å². The SMILES string of the molecule is C[C@]12CC[C@H](OC(=O)[C@@H](N)CS)CC1=CC[C@@H]1[C@@H]2CC[C@]2(C)C(c3cccnc3)=CC[C@@H]12. The van der Waals surface area contributed by atoms with Gasteiger partial charge in [-0.05, 0) is 84.3 Å². The monoisotopic (exact) mass is 452 g/mol. The molecule has 2 saturated carbocycles. The van der Waals surface area contributed by atoms with Gasteiger partial charge >= 0.3 is 5.97 Å². The third-order valence-electron chi connectivity index (χ3n) is 9.39. The molecule has 0 bridgehead atoms. The molecule has 172 valence electrons. The van der Waals surface area contributed by atoms with E-state index >= 15 is 0 Å². The predicted octanol–water partition coefficient (Wildman–Crippen LogP) is 5.21. The maximum atomic E-state index is 12.2. The average Bonchev–Trinajstić information content (AvgIpc) is 3.16. The summed E-state index contributed by atoms with van der Waals surface area (Å²) in [6.07, 6.45) is 16.6. The van der Waals surface area contributed by atoms with Crippen LogP contribution in [0.1, 0.15) is 64.4 Å². The minimum Gasteiger partial charge on any atom is -0.461 e. The first-order valence-electron chi connectivity index (χ1n) is 12.2. The van der Waals surface area contributed by atoms with Gasteiger partial charge in [-0.1, -0.05) is 37.6 Å². The lowest BCUT2D eigenvalue weighted by Crippen LogP contribution is -2.50. The molecule has 2 fully saturated rings. The van der Waals surface area contributed by atoms with Crippen molar-refractivity contribution in [2.75, 3.05) is 5.75 Å². The van der Waals surface area contributed by atoms with Gasteiger partial charge in [-0.25, -0.2) is 0 Å². The minimum absolute atomic E-state index is 0.0384. The topological polar surface area (TPSA) is 65.2 Å². The Bertz CT molecular complexity index is 944. The molecule has 7 atom stereocenters. The van der Waals surface area contributed by atoms with Crippen LogP contribution in [0.3, 0.4) is 0 Å². The van der Waals surface area contributed by atoms with Crippen molar-refractivity contribution in [1.29, 1.82) is 0 Å². The highest BCUT2D eigenvalue weighted by molar-refractivity contribution is 7.80. The molecule has 5 rings (SSSR count). The number of fused-ring (bicyclic) bond motifs is 5. The molecule has 0 radical (unpaired) electrons. The number of pyridine rings is 1. The van der Waals surface area contributed by atoms with E-state index in [1.54, 1.807) is 0 Å². The Morgan fingerprint density at radius 2 is 2.03 bits per heavy atom. The molecule has 0 aliphatic heterocycles. The molecule has 1 aromatic heterocycles. The zero-order chi connectivity index (χ0) is 22.5. The Labute approximate surface area is 197 Å². The Kier molecular flexibility index (Phi) is 5.78. The molecule has 4 aliphatic carbocycles. The molecular weight excluding hydrogens is 416 g/mol. The molecule has 0 spiro atoms. The lowest BCUT2D eigenvalue weighted by molar-refractivity contribution is -0.152. The molecule has 0 saturated heterocycles. The van der Waals surface area contributed by atoms with Crippen LogP contribution in [-0.4, -0.2) is 28.9 Å². The van der Waals surface area contributed by atoms with Crippen molar-refractivity contribution in [3.63, 3.8) is 0 Å². The number of aromatic nitrogens is 1. The normalized spacial score (nSPS) is 39.1. The fourth-order valence-corrected chi connectivity index (χ4v) is 7.74. The van der Waals surface area contributed by atoms with E-state index < -0.39 is 6.04 Å². The lowest BCUT2D eigenvalue weighted by atomic mass is 9.47. The van der Waals surface area contributed by atoms with Crippen LogP contribution in [-0.2, 0) is 9.53 Å². The van der Waals surface area contributed by atoms with Crippen LogP contribution < -0.4 is 5.73 Å². The summed E-state index contributed by atoms with van der Waals surface area (Å²) < 4.78 is 5.75. The summed E-state index contributed by atoms with van der Waals surface area (Å²) >= 11 is 4.13. The van der Waals surface area contributed by atoms with E-state index in [2.05, 4.69) is 55.7 Å². The number of allylic oxidation sites excluding steroid dienone is 3. The van der Waals surface area contributed by atoms with Gasteiger partial charge in [0.25, 0.3) is 0 Å². The highest BCUT2D eigenvalue weighted by atomic mass is 32.1. The van der Waals surface area contributed by atoms with Gasteiger partial charge in [0.15, 0.2) is 0 Å². The van der Waals surface area contributed by atoms with Gasteiger partial charge in [-0.3, -0.25) is 9.78 Å². The zero-order valence-corrected chi connectivity index (χ0v) is 20.2. The van der Waals surface area contributed by atoms with Crippen LogP contribution in [0, 0.1) is 28.6 Å². The number of esters is 1. The van der Waals surface area contributed by atoms with Crippen molar-refractivity contribution in [3.8, 4) is 0 Å². The quantitative estimate of drug-likeness (QED) is 0.374. The van der Waals surface area contributed by atoms with E-state index in [1.807, 2.05) is 12.4 Å². The van der Waals surface area contributed by atoms with Gasteiger partial charge in [-0.15, -0.1) is 0 Å². The number of carbonyl (C=O) groups is 1. The van der Waals surface area contributed by atoms with E-state index in [0.717, 1.165) is 37.5 Å². The van der Waals surface area contributed by atoms with Crippen molar-refractivity contribution in [1.82, 2.24) is 4.98 Å². The van der Waals surface area contributed by atoms with Crippen LogP contribution in [0.25, 0.3) is 5.57 Å². The average molecular weight is 453 g/mol. The Hall–Kier alpha value is -1.59. The van der Waals surface area contributed by atoms with Gasteiger partial charge in [0.1, 0.15) is 12.1 Å². The highest BCUT2D eigenvalue weighted by Gasteiger charge is 2.57. The molecule has 0 amide bonds. The summed E-state index contributed by atoms with van der Waals surface area (Å²) in [5.41, 5.74) is 10.6. The van der Waals surface area contributed by atoms with Gasteiger partial charge in [0.05, 0.1) is 0 Å². The van der Waals surface area contributed by atoms with Crippen LogP contribution in [0.5, 0.6) is 0 Å². The largest absolute Gasteiger partial charge is 0.461 e. The summed E-state index contributed by atoms with van der Waals surface area (Å²) in [5.74, 6) is 2.17. The highest BCUT2D eigenvalue weighted by Crippen LogP contribution is 2.66. The first kappa shape index (κ1) is 22.2. The van der Waals surface area contributed by atoms with Gasteiger partial charge in [-0.2, -0.15) is 12.6 Å². The molecule has 1 heterocycles. The predicted molar refractivity (Wildman–Crippen MR) is 131 cm³/mol. The standard InChI is InChI=1S/C27H36N2O2S/c1-26-11-9-19(31-25(30)24(28)16-32)14-18(26)5-6-20-22-8-7-21(17-4-3-13-29-15-17)27(22,2)12-10-23(20)26/h3-5,7,13,15,19-20,22-24,32H,6,8-12,14,16,28H2,1-2H3/t19-,20-,22-,23-,24-,26-,27+/m0/s1. The third-order valence-corrected chi connectivity index (χ3v) is 9.79. The number of rotatable bonds is 4. The number of nitrogens with zero attached hydrogens (tertiary/aromatic N) is 1. The fourth-order valence-electron chi connectivity index (χ4n) is 7.59. The molecule has 2 N–H and O–H groups in total. The zero-order valence-electron chi connectivity index (χ0n) is 19.3. The number of hydrogen-bond donors (Lipinski definition) is 2. The number of thiol groups is 1. The summed E-state index contributed by atoms with van der Waals surface area (Å²) in [6, 6.07) is 3.65. The second kappa shape index (κ2) is 8.32. The summed E-state index contributed by atoms with van der Waals surface area (Å²) in [6.45, 7) is 4.99. The molecular formula is C27H36N2O2S. The van der Waals surface area contributed by atoms with Crippen molar-refractivity contribution in [2.24, 2.45) is 34.3 Å². The van der Waals surface area contributed by atoms with E-state index in [1.165, 1.54) is 36.0 Å². The van der Waals surface area contributed by atoms with Crippen molar-refractivity contribution < 1.29 is 9.53 Å². The van der Waals surface area contributed by atoms with Gasteiger partial charge in [0, 0.05) is 24.6 Å². The molecule has 0 aromatic carbocycles. The Morgan fingerprint density at radius 3 is 2.78 bits per heavy atom. The fraction of sp³-hybridized carbons (Fsp3) is 0.630.